The Morgan fingerprint density at radius 3 is 2.57 bits per heavy atom. The molecule has 2 aliphatic heterocycles. The van der Waals surface area contributed by atoms with Gasteiger partial charge in [0.1, 0.15) is 33.3 Å². The maximum Gasteiger partial charge on any atom is 0.244 e. The van der Waals surface area contributed by atoms with Crippen molar-refractivity contribution in [3.63, 3.8) is 0 Å². The van der Waals surface area contributed by atoms with E-state index in [1.165, 1.54) is 16.6 Å². The molecule has 2 unspecified atom stereocenters. The van der Waals surface area contributed by atoms with Crippen LogP contribution in [0, 0.1) is 17.0 Å². The molecule has 6 rings (SSSR count). The zero-order valence-electron chi connectivity index (χ0n) is 23.1. The average molecular weight is 619 g/mol. The minimum absolute atomic E-state index is 0.0654. The normalized spacial score (nSPS) is 23.6. The van der Waals surface area contributed by atoms with Crippen LogP contribution < -0.4 is 15.8 Å². The number of rotatable bonds is 8. The summed E-state index contributed by atoms with van der Waals surface area (Å²) in [6.07, 6.45) is 5.73. The summed E-state index contributed by atoms with van der Waals surface area (Å²) in [6.45, 7) is 2.65. The summed E-state index contributed by atoms with van der Waals surface area (Å²) in [4.78, 5) is 23.6. The lowest BCUT2D eigenvalue weighted by molar-refractivity contribution is 0.103. The molecule has 1 saturated carbocycles. The van der Waals surface area contributed by atoms with Gasteiger partial charge in [-0.25, -0.2) is 27.2 Å². The lowest BCUT2D eigenvalue weighted by Gasteiger charge is -2.31. The number of sulfonamides is 1. The maximum atomic E-state index is 14.1. The molecule has 0 bridgehead atoms. The second-order valence-electron chi connectivity index (χ2n) is 11.3. The van der Waals surface area contributed by atoms with E-state index in [0.717, 1.165) is 55.8 Å². The Bertz CT molecular complexity index is 1570. The monoisotopic (exact) mass is 618 g/mol. The van der Waals surface area contributed by atoms with E-state index in [0.29, 0.717) is 23.9 Å². The van der Waals surface area contributed by atoms with Gasteiger partial charge in [0.2, 0.25) is 21.7 Å². The van der Waals surface area contributed by atoms with E-state index in [1.807, 2.05) is 0 Å². The van der Waals surface area contributed by atoms with Crippen LogP contribution >= 0.6 is 11.3 Å². The fraction of sp³-hybridized carbons (Fsp3) is 0.464. The van der Waals surface area contributed by atoms with Crippen molar-refractivity contribution >= 4 is 38.1 Å². The number of pyridine rings is 1. The largest absolute Gasteiger partial charge is 0.474 e. The smallest absolute Gasteiger partial charge is 0.244 e. The van der Waals surface area contributed by atoms with E-state index in [4.69, 9.17) is 10.5 Å². The summed E-state index contributed by atoms with van der Waals surface area (Å²) in [5.41, 5.74) is 5.41. The SMILES string of the molecule is CN1CCCC2(CC2Oc2ccc(S(=O)(=O)N3CCC(Nc4nc(N)c(C(=O)c5c(F)cccc5F)s4)CC3)cn2)C1. The highest BCUT2D eigenvalue weighted by molar-refractivity contribution is 7.89. The molecule has 42 heavy (non-hydrogen) atoms. The number of ketones is 1. The fourth-order valence-corrected chi connectivity index (χ4v) is 8.31. The summed E-state index contributed by atoms with van der Waals surface area (Å²) in [6, 6.07) is 6.22. The number of carbonyl (C=O) groups is 1. The maximum absolute atomic E-state index is 14.1. The predicted octanol–water partition coefficient (Wildman–Crippen LogP) is 3.76. The molecule has 4 heterocycles. The molecule has 14 heteroatoms. The molecule has 1 spiro atoms. The van der Waals surface area contributed by atoms with E-state index >= 15 is 0 Å². The molecule has 10 nitrogen and oxygen atoms in total. The summed E-state index contributed by atoms with van der Waals surface area (Å²) < 4.78 is 62.3. The number of aromatic nitrogens is 2. The standard InChI is InChI=1S/C28H32F2N6O4S2/c1-35-11-3-10-28(16-35)14-21(28)40-22-7-6-18(15-32-22)42(38,39)36-12-8-17(9-13-36)33-27-34-26(31)25(41-27)24(37)23-19(29)4-2-5-20(23)30/h2,4-7,15,17,21H,3,8-14,16,31H2,1H3,(H,33,34). The van der Waals surface area contributed by atoms with Crippen molar-refractivity contribution in [1.29, 1.82) is 0 Å². The number of hydrogen-bond acceptors (Lipinski definition) is 10. The predicted molar refractivity (Wildman–Crippen MR) is 154 cm³/mol. The highest BCUT2D eigenvalue weighted by Crippen LogP contribution is 2.53. The number of thiazole rings is 1. The van der Waals surface area contributed by atoms with Crippen LogP contribution in [0.3, 0.4) is 0 Å². The van der Waals surface area contributed by atoms with Crippen LogP contribution in [0.4, 0.5) is 19.7 Å². The topological polar surface area (TPSA) is 131 Å². The zero-order valence-corrected chi connectivity index (χ0v) is 24.7. The van der Waals surface area contributed by atoms with Crippen LogP contribution in [0.25, 0.3) is 0 Å². The molecule has 3 aromatic rings. The van der Waals surface area contributed by atoms with Crippen molar-refractivity contribution in [2.45, 2.75) is 49.1 Å². The van der Waals surface area contributed by atoms with Crippen LogP contribution in [0.5, 0.6) is 5.88 Å². The van der Waals surface area contributed by atoms with Crippen molar-refractivity contribution in [3.8, 4) is 5.88 Å². The van der Waals surface area contributed by atoms with Crippen LogP contribution in [-0.4, -0.2) is 78.7 Å². The number of nitrogens with zero attached hydrogens (tertiary/aromatic N) is 4. The van der Waals surface area contributed by atoms with Crippen LogP contribution in [0.15, 0.2) is 41.4 Å². The lowest BCUT2D eigenvalue weighted by Crippen LogP contribution is -2.42. The summed E-state index contributed by atoms with van der Waals surface area (Å²) in [5.74, 6) is -2.52. The molecule has 2 aromatic heterocycles. The molecule has 0 amide bonds. The highest BCUT2D eigenvalue weighted by atomic mass is 32.2. The zero-order chi connectivity index (χ0) is 29.6. The van der Waals surface area contributed by atoms with Crippen molar-refractivity contribution in [2.75, 3.05) is 44.3 Å². The molecule has 3 fully saturated rings. The number of hydrogen-bond donors (Lipinski definition) is 2. The Morgan fingerprint density at radius 1 is 1.17 bits per heavy atom. The van der Waals surface area contributed by atoms with Gasteiger partial charge in [-0.05, 0) is 63.9 Å². The van der Waals surface area contributed by atoms with Gasteiger partial charge < -0.3 is 20.7 Å². The molecule has 3 aliphatic rings. The first-order chi connectivity index (χ1) is 20.1. The molecular weight excluding hydrogens is 586 g/mol. The van der Waals surface area contributed by atoms with Gasteiger partial charge >= 0.3 is 0 Å². The second-order valence-corrected chi connectivity index (χ2v) is 14.3. The molecule has 0 radical (unpaired) electrons. The van der Waals surface area contributed by atoms with Gasteiger partial charge in [-0.3, -0.25) is 4.79 Å². The van der Waals surface area contributed by atoms with Gasteiger partial charge in [0, 0.05) is 37.2 Å². The number of anilines is 2. The van der Waals surface area contributed by atoms with Gasteiger partial charge in [-0.1, -0.05) is 17.4 Å². The Labute approximate surface area is 246 Å². The molecule has 2 saturated heterocycles. The van der Waals surface area contributed by atoms with Gasteiger partial charge in [0.05, 0.1) is 11.8 Å². The molecule has 2 atom stereocenters. The lowest BCUT2D eigenvalue weighted by atomic mass is 9.95. The number of nitrogen functional groups attached to an aromatic ring is 1. The minimum Gasteiger partial charge on any atom is -0.474 e. The third kappa shape index (κ3) is 5.60. The first-order valence-corrected chi connectivity index (χ1v) is 16.1. The number of nitrogens with two attached hydrogens (primary N) is 1. The molecule has 3 N–H and O–H groups in total. The van der Waals surface area contributed by atoms with E-state index in [9.17, 15) is 22.0 Å². The first-order valence-electron chi connectivity index (χ1n) is 13.9. The number of piperidine rings is 2. The van der Waals surface area contributed by atoms with Gasteiger partial charge in [-0.15, -0.1) is 0 Å². The van der Waals surface area contributed by atoms with Crippen molar-refractivity contribution in [2.24, 2.45) is 5.41 Å². The van der Waals surface area contributed by atoms with Crippen molar-refractivity contribution in [3.05, 3.63) is 58.6 Å². The van der Waals surface area contributed by atoms with Crippen LogP contribution in [0.1, 0.15) is 47.3 Å². The molecule has 1 aromatic carbocycles. The Balaban J connectivity index is 1.04. The van der Waals surface area contributed by atoms with Gasteiger partial charge in [0.25, 0.3) is 0 Å². The summed E-state index contributed by atoms with van der Waals surface area (Å²) in [5, 5.41) is 3.51. The number of halogens is 2. The number of nitrogens with one attached hydrogen (secondary N) is 1. The van der Waals surface area contributed by atoms with E-state index in [-0.39, 0.29) is 46.2 Å². The summed E-state index contributed by atoms with van der Waals surface area (Å²) >= 11 is 0.909. The first kappa shape index (κ1) is 28.9. The number of likely N-dealkylation sites (tertiary alicyclic amines) is 1. The molecule has 224 valence electrons. The minimum atomic E-state index is -3.74. The Morgan fingerprint density at radius 2 is 1.90 bits per heavy atom. The average Bonchev–Trinajstić information content (AvgIpc) is 3.44. The van der Waals surface area contributed by atoms with Crippen LogP contribution in [-0.2, 0) is 10.0 Å². The quantitative estimate of drug-likeness (QED) is 0.363. The molecular formula is C28H32F2N6O4S2. The van der Waals surface area contributed by atoms with Crippen molar-refractivity contribution < 1.29 is 26.7 Å². The third-order valence-corrected chi connectivity index (χ3v) is 11.2. The highest BCUT2D eigenvalue weighted by Gasteiger charge is 2.57. The van der Waals surface area contributed by atoms with Crippen LogP contribution in [0.2, 0.25) is 0 Å². The van der Waals surface area contributed by atoms with Crippen molar-refractivity contribution in [1.82, 2.24) is 19.2 Å². The second kappa shape index (κ2) is 11.1. The fourth-order valence-electron chi connectivity index (χ4n) is 5.99. The van der Waals surface area contributed by atoms with Gasteiger partial charge in [0.15, 0.2) is 5.13 Å². The van der Waals surface area contributed by atoms with E-state index in [2.05, 4.69) is 27.2 Å². The molecule has 1 aliphatic carbocycles. The number of ether oxygens (including phenoxy) is 1. The Kier molecular flexibility index (Phi) is 7.66. The van der Waals surface area contributed by atoms with Gasteiger partial charge in [-0.2, -0.15) is 4.31 Å². The number of benzene rings is 1. The number of carbonyl (C=O) groups excluding carboxylic acids is 1. The third-order valence-electron chi connectivity index (χ3n) is 8.36. The summed E-state index contributed by atoms with van der Waals surface area (Å²) in [7, 11) is -1.62. The van der Waals surface area contributed by atoms with E-state index < -0.39 is 33.0 Å². The Hall–Kier alpha value is -3.20. The van der Waals surface area contributed by atoms with E-state index in [1.54, 1.807) is 12.1 Å².